The molecule has 2 rings (SSSR count). The highest BCUT2D eigenvalue weighted by Gasteiger charge is 2.35. The Bertz CT molecular complexity index is 357. The monoisotopic (exact) mass is 296 g/mol. The second-order valence-electron chi connectivity index (χ2n) is 6.71. The van der Waals surface area contributed by atoms with Gasteiger partial charge in [-0.25, -0.2) is 0 Å². The van der Waals surface area contributed by atoms with Crippen LogP contribution in [0.1, 0.15) is 64.2 Å². The molecule has 1 unspecified atom stereocenters. The number of hydrogen-bond acceptors (Lipinski definition) is 3. The summed E-state index contributed by atoms with van der Waals surface area (Å²) in [6.45, 7) is 1.41. The van der Waals surface area contributed by atoms with E-state index in [0.717, 1.165) is 51.5 Å². The molecule has 1 saturated heterocycles. The summed E-state index contributed by atoms with van der Waals surface area (Å²) in [7, 11) is 0. The summed E-state index contributed by atoms with van der Waals surface area (Å²) in [5.74, 6) is -0.703. The first-order chi connectivity index (χ1) is 10.1. The molecule has 0 spiro atoms. The standard InChI is InChI=1S/C16H28N2O3/c19-14(20)11-16(8-4-2-5-9-16)12-18-15(21)13-7-3-1-6-10-17-13/h13,17H,1-12H2,(H,18,21)(H,19,20). The Labute approximate surface area is 126 Å². The summed E-state index contributed by atoms with van der Waals surface area (Å²) in [5, 5.41) is 15.5. The quantitative estimate of drug-likeness (QED) is 0.725. The zero-order valence-electron chi connectivity index (χ0n) is 12.8. The van der Waals surface area contributed by atoms with Crippen molar-refractivity contribution in [2.45, 2.75) is 70.3 Å². The molecule has 1 saturated carbocycles. The summed E-state index contributed by atoms with van der Waals surface area (Å²) in [6.07, 6.45) is 9.62. The summed E-state index contributed by atoms with van der Waals surface area (Å²) in [6, 6.07) is -0.0991. The fourth-order valence-electron chi connectivity index (χ4n) is 3.69. The minimum atomic E-state index is -0.751. The highest BCUT2D eigenvalue weighted by molar-refractivity contribution is 5.81. The lowest BCUT2D eigenvalue weighted by Gasteiger charge is -2.36. The van der Waals surface area contributed by atoms with Crippen LogP contribution < -0.4 is 10.6 Å². The number of rotatable bonds is 5. The Balaban J connectivity index is 1.88. The molecule has 0 aromatic rings. The van der Waals surface area contributed by atoms with Crippen molar-refractivity contribution >= 4 is 11.9 Å². The Hall–Kier alpha value is -1.10. The van der Waals surface area contributed by atoms with Gasteiger partial charge in [0, 0.05) is 6.54 Å². The molecule has 21 heavy (non-hydrogen) atoms. The number of hydrogen-bond donors (Lipinski definition) is 3. The second kappa shape index (κ2) is 7.78. The Morgan fingerprint density at radius 1 is 1.10 bits per heavy atom. The van der Waals surface area contributed by atoms with Gasteiger partial charge in [0.05, 0.1) is 12.5 Å². The molecule has 2 aliphatic rings. The van der Waals surface area contributed by atoms with Crippen molar-refractivity contribution in [2.24, 2.45) is 5.41 Å². The lowest BCUT2D eigenvalue weighted by atomic mass is 9.71. The third-order valence-electron chi connectivity index (χ3n) is 4.95. The normalized spacial score (nSPS) is 25.8. The molecule has 1 heterocycles. The van der Waals surface area contributed by atoms with Crippen LogP contribution in [0.5, 0.6) is 0 Å². The number of carbonyl (C=O) groups is 2. The summed E-state index contributed by atoms with van der Waals surface area (Å²) < 4.78 is 0. The van der Waals surface area contributed by atoms with Crippen molar-refractivity contribution in [1.82, 2.24) is 10.6 Å². The maximum Gasteiger partial charge on any atom is 0.303 e. The predicted octanol–water partition coefficient (Wildman–Crippen LogP) is 2.06. The van der Waals surface area contributed by atoms with Crippen LogP contribution in [0.2, 0.25) is 0 Å². The minimum Gasteiger partial charge on any atom is -0.481 e. The van der Waals surface area contributed by atoms with Crippen LogP contribution in [0.25, 0.3) is 0 Å². The van der Waals surface area contributed by atoms with Crippen LogP contribution >= 0.6 is 0 Å². The lowest BCUT2D eigenvalue weighted by molar-refractivity contribution is -0.140. The summed E-state index contributed by atoms with van der Waals surface area (Å²) >= 11 is 0. The van der Waals surface area contributed by atoms with Crippen molar-refractivity contribution in [1.29, 1.82) is 0 Å². The first kappa shape index (κ1) is 16.3. The van der Waals surface area contributed by atoms with Crippen LogP contribution in [0, 0.1) is 5.41 Å². The van der Waals surface area contributed by atoms with Gasteiger partial charge in [-0.15, -0.1) is 0 Å². The van der Waals surface area contributed by atoms with Gasteiger partial charge in [0.15, 0.2) is 0 Å². The molecule has 1 atom stereocenters. The smallest absolute Gasteiger partial charge is 0.303 e. The molecular formula is C16H28N2O3. The molecule has 5 nitrogen and oxygen atoms in total. The fraction of sp³-hybridized carbons (Fsp3) is 0.875. The highest BCUT2D eigenvalue weighted by atomic mass is 16.4. The van der Waals surface area contributed by atoms with Crippen LogP contribution in [-0.4, -0.2) is 36.1 Å². The lowest BCUT2D eigenvalue weighted by Crippen LogP contribution is -2.48. The molecule has 2 fully saturated rings. The second-order valence-corrected chi connectivity index (χ2v) is 6.71. The van der Waals surface area contributed by atoms with E-state index in [4.69, 9.17) is 5.11 Å². The van der Waals surface area contributed by atoms with Gasteiger partial charge in [-0.1, -0.05) is 32.1 Å². The van der Waals surface area contributed by atoms with E-state index in [1.807, 2.05) is 0 Å². The molecular weight excluding hydrogens is 268 g/mol. The summed E-state index contributed by atoms with van der Waals surface area (Å²) in [4.78, 5) is 23.4. The Morgan fingerprint density at radius 3 is 2.52 bits per heavy atom. The van der Waals surface area contributed by atoms with Gasteiger partial charge in [-0.05, 0) is 37.6 Å². The average Bonchev–Trinajstić information content (AvgIpc) is 2.74. The number of aliphatic carboxylic acids is 1. The van der Waals surface area contributed by atoms with E-state index in [1.165, 1.54) is 12.8 Å². The van der Waals surface area contributed by atoms with Gasteiger partial charge in [0.1, 0.15) is 0 Å². The number of nitrogens with one attached hydrogen (secondary N) is 2. The zero-order chi connectivity index (χ0) is 15.1. The van der Waals surface area contributed by atoms with Crippen LogP contribution in [0.15, 0.2) is 0 Å². The van der Waals surface area contributed by atoms with E-state index in [2.05, 4.69) is 10.6 Å². The van der Waals surface area contributed by atoms with Gasteiger partial charge in [-0.2, -0.15) is 0 Å². The zero-order valence-corrected chi connectivity index (χ0v) is 12.8. The van der Waals surface area contributed by atoms with E-state index < -0.39 is 5.97 Å². The average molecular weight is 296 g/mol. The van der Waals surface area contributed by atoms with Crippen LogP contribution in [0.4, 0.5) is 0 Å². The van der Waals surface area contributed by atoms with Crippen molar-refractivity contribution in [3.63, 3.8) is 0 Å². The van der Waals surface area contributed by atoms with Gasteiger partial charge in [0.2, 0.25) is 5.91 Å². The van der Waals surface area contributed by atoms with E-state index in [-0.39, 0.29) is 23.8 Å². The van der Waals surface area contributed by atoms with E-state index >= 15 is 0 Å². The van der Waals surface area contributed by atoms with Crippen molar-refractivity contribution in [3.8, 4) is 0 Å². The predicted molar refractivity (Wildman–Crippen MR) is 81.0 cm³/mol. The van der Waals surface area contributed by atoms with Crippen LogP contribution in [-0.2, 0) is 9.59 Å². The molecule has 0 aromatic heterocycles. The van der Waals surface area contributed by atoms with Crippen LogP contribution in [0.3, 0.4) is 0 Å². The molecule has 120 valence electrons. The van der Waals surface area contributed by atoms with Crippen molar-refractivity contribution < 1.29 is 14.7 Å². The molecule has 0 radical (unpaired) electrons. The van der Waals surface area contributed by atoms with E-state index in [9.17, 15) is 9.59 Å². The third kappa shape index (κ3) is 4.99. The van der Waals surface area contributed by atoms with Gasteiger partial charge >= 0.3 is 5.97 Å². The molecule has 1 aliphatic carbocycles. The Morgan fingerprint density at radius 2 is 1.81 bits per heavy atom. The summed E-state index contributed by atoms with van der Waals surface area (Å²) in [5.41, 5.74) is -0.232. The first-order valence-corrected chi connectivity index (χ1v) is 8.34. The first-order valence-electron chi connectivity index (χ1n) is 8.34. The maximum absolute atomic E-state index is 12.3. The molecule has 0 bridgehead atoms. The Kier molecular flexibility index (Phi) is 6.03. The maximum atomic E-state index is 12.3. The van der Waals surface area contributed by atoms with Gasteiger partial charge < -0.3 is 15.7 Å². The molecule has 1 aliphatic heterocycles. The van der Waals surface area contributed by atoms with E-state index in [1.54, 1.807) is 0 Å². The van der Waals surface area contributed by atoms with Gasteiger partial charge in [-0.3, -0.25) is 9.59 Å². The topological polar surface area (TPSA) is 78.4 Å². The third-order valence-corrected chi connectivity index (χ3v) is 4.95. The molecule has 0 aromatic carbocycles. The highest BCUT2D eigenvalue weighted by Crippen LogP contribution is 2.38. The largest absolute Gasteiger partial charge is 0.481 e. The number of carboxylic acids is 1. The molecule has 3 N–H and O–H groups in total. The molecule has 5 heteroatoms. The molecule has 1 amide bonds. The van der Waals surface area contributed by atoms with E-state index in [0.29, 0.717) is 6.54 Å². The number of carboxylic acid groups (broad SMARTS) is 1. The SMILES string of the molecule is O=C(O)CC1(CNC(=O)C2CCCCCN2)CCCCC1. The minimum absolute atomic E-state index is 0.0484. The fourth-order valence-corrected chi connectivity index (χ4v) is 3.69. The van der Waals surface area contributed by atoms with Gasteiger partial charge in [0.25, 0.3) is 0 Å². The van der Waals surface area contributed by atoms with Crippen molar-refractivity contribution in [3.05, 3.63) is 0 Å². The number of amides is 1. The number of carbonyl (C=O) groups excluding carboxylic acids is 1. The van der Waals surface area contributed by atoms with Crippen molar-refractivity contribution in [2.75, 3.05) is 13.1 Å².